The number of hydrogen-bond acceptors (Lipinski definition) is 6. The second-order valence-electron chi connectivity index (χ2n) is 10.4. The minimum Gasteiger partial charge on any atom is -0.457 e. The minimum absolute atomic E-state index is 0.0261. The molecule has 208 valence electrons. The van der Waals surface area contributed by atoms with Gasteiger partial charge in [-0.3, -0.25) is 5.32 Å². The van der Waals surface area contributed by atoms with Crippen LogP contribution in [0.3, 0.4) is 0 Å². The lowest BCUT2D eigenvalue weighted by atomic mass is 10.0. The first-order chi connectivity index (χ1) is 19.2. The maximum absolute atomic E-state index is 14.9. The van der Waals surface area contributed by atoms with Crippen LogP contribution in [0.4, 0.5) is 26.5 Å². The predicted octanol–water partition coefficient (Wildman–Crippen LogP) is 6.43. The molecule has 2 aromatic carbocycles. The van der Waals surface area contributed by atoms with Crippen molar-refractivity contribution < 1.29 is 13.9 Å². The van der Waals surface area contributed by atoms with Gasteiger partial charge < -0.3 is 20.7 Å². The zero-order valence-corrected chi connectivity index (χ0v) is 23.1. The molecule has 2 amide bonds. The fourth-order valence-electron chi connectivity index (χ4n) is 4.48. The number of fused-ring (bicyclic) bond motifs is 1. The summed E-state index contributed by atoms with van der Waals surface area (Å²) in [6.07, 6.45) is 2.55. The molecule has 0 saturated carbocycles. The molecule has 1 aliphatic heterocycles. The van der Waals surface area contributed by atoms with Gasteiger partial charge in [-0.2, -0.15) is 5.10 Å². The summed E-state index contributed by atoms with van der Waals surface area (Å²) in [4.78, 5) is 17.2. The fourth-order valence-corrected chi connectivity index (χ4v) is 4.48. The molecule has 1 aliphatic rings. The molecule has 4 N–H and O–H groups in total. The van der Waals surface area contributed by atoms with Crippen LogP contribution in [0, 0.1) is 5.82 Å². The van der Waals surface area contributed by atoms with E-state index in [1.54, 1.807) is 29.1 Å². The first-order valence-corrected chi connectivity index (χ1v) is 13.5. The van der Waals surface area contributed by atoms with Crippen molar-refractivity contribution in [2.24, 2.45) is 0 Å². The smallest absolute Gasteiger partial charge is 0.324 e. The van der Waals surface area contributed by atoms with Gasteiger partial charge in [-0.05, 0) is 74.2 Å². The number of carbonyl (C=O) groups is 1. The van der Waals surface area contributed by atoms with Crippen LogP contribution in [0.5, 0.6) is 11.5 Å². The van der Waals surface area contributed by atoms with Gasteiger partial charge in [0, 0.05) is 37.0 Å². The normalized spacial score (nSPS) is 12.8. The van der Waals surface area contributed by atoms with Crippen LogP contribution in [-0.2, 0) is 13.0 Å². The number of nitrogens with one attached hydrogen (secondary N) is 4. The molecule has 0 fully saturated rings. The summed E-state index contributed by atoms with van der Waals surface area (Å²) in [7, 11) is 0. The number of benzene rings is 2. The molecule has 5 rings (SSSR count). The molecule has 2 aromatic heterocycles. The van der Waals surface area contributed by atoms with E-state index in [-0.39, 0.29) is 17.6 Å². The van der Waals surface area contributed by atoms with Gasteiger partial charge >= 0.3 is 6.03 Å². The zero-order chi connectivity index (χ0) is 28.2. The summed E-state index contributed by atoms with van der Waals surface area (Å²) in [6.45, 7) is 9.87. The lowest BCUT2D eigenvalue weighted by molar-refractivity contribution is 0.262. The van der Waals surface area contributed by atoms with Gasteiger partial charge in [-0.25, -0.2) is 18.9 Å². The fraction of sp³-hybridized carbons (Fsp3) is 0.300. The summed E-state index contributed by atoms with van der Waals surface area (Å²) >= 11 is 0. The van der Waals surface area contributed by atoms with Gasteiger partial charge in [0.15, 0.2) is 0 Å². The largest absolute Gasteiger partial charge is 0.457 e. The molecule has 10 heteroatoms. The van der Waals surface area contributed by atoms with Crippen molar-refractivity contribution in [3.8, 4) is 17.2 Å². The number of amides is 2. The summed E-state index contributed by atoms with van der Waals surface area (Å²) < 4.78 is 22.5. The number of carbonyl (C=O) groups excluding carboxylic acids is 1. The summed E-state index contributed by atoms with van der Waals surface area (Å²) in [5.41, 5.74) is 4.25. The predicted molar refractivity (Wildman–Crippen MR) is 155 cm³/mol. The Labute approximate surface area is 233 Å². The Bertz CT molecular complexity index is 1520. The lowest BCUT2D eigenvalue weighted by Crippen LogP contribution is -2.24. The number of pyridine rings is 1. The molecule has 0 saturated heterocycles. The third-order valence-electron chi connectivity index (χ3n) is 6.47. The molecular weight excluding hydrogens is 509 g/mol. The Morgan fingerprint density at radius 3 is 2.60 bits per heavy atom. The van der Waals surface area contributed by atoms with E-state index in [0.29, 0.717) is 23.1 Å². The highest BCUT2D eigenvalue weighted by Crippen LogP contribution is 2.28. The van der Waals surface area contributed by atoms with Gasteiger partial charge in [0.05, 0.1) is 17.1 Å². The number of urea groups is 1. The Hall–Kier alpha value is -4.44. The molecule has 0 radical (unpaired) electrons. The van der Waals surface area contributed by atoms with Crippen LogP contribution in [0.25, 0.3) is 5.69 Å². The maximum Gasteiger partial charge on any atom is 0.324 e. The van der Waals surface area contributed by atoms with Gasteiger partial charge in [-0.1, -0.05) is 19.9 Å². The quantitative estimate of drug-likeness (QED) is 0.204. The SMILES string of the molecule is CC(C)Nc1cc(Oc2ccc(NC(=O)Nc3cc(C(C)C)nn3-c3ccc4c(c3)CCNC4)c(F)c2)ccn1. The maximum atomic E-state index is 14.9. The number of rotatable bonds is 8. The third kappa shape index (κ3) is 6.40. The number of halogens is 1. The average Bonchev–Trinajstić information content (AvgIpc) is 3.34. The molecule has 40 heavy (non-hydrogen) atoms. The van der Waals surface area contributed by atoms with E-state index >= 15 is 0 Å². The van der Waals surface area contributed by atoms with Crippen molar-refractivity contribution in [2.45, 2.75) is 52.6 Å². The van der Waals surface area contributed by atoms with Gasteiger partial charge in [0.25, 0.3) is 0 Å². The van der Waals surface area contributed by atoms with Crippen molar-refractivity contribution in [3.63, 3.8) is 0 Å². The standard InChI is InChI=1S/C30H34FN7O2/c1-18(2)27-16-29(38(37-27)22-6-5-21-17-32-11-9-20(21)13-22)36-30(39)35-26-8-7-23(14-25(26)31)40-24-10-12-33-28(15-24)34-19(3)4/h5-8,10,12-16,18-19,32H,9,11,17H2,1-4H3,(H,33,34)(H2,35,36,39). The van der Waals surface area contributed by atoms with Crippen LogP contribution in [-0.4, -0.2) is 33.4 Å². The number of aromatic nitrogens is 3. The van der Waals surface area contributed by atoms with Crippen LogP contribution < -0.4 is 26.0 Å². The highest BCUT2D eigenvalue weighted by atomic mass is 19.1. The molecule has 0 aliphatic carbocycles. The van der Waals surface area contributed by atoms with E-state index in [4.69, 9.17) is 9.84 Å². The number of nitrogens with zero attached hydrogens (tertiary/aromatic N) is 3. The van der Waals surface area contributed by atoms with Crippen LogP contribution in [0.1, 0.15) is 50.4 Å². The van der Waals surface area contributed by atoms with E-state index in [2.05, 4.69) is 38.4 Å². The van der Waals surface area contributed by atoms with Crippen molar-refractivity contribution in [2.75, 3.05) is 22.5 Å². The lowest BCUT2D eigenvalue weighted by Gasteiger charge is -2.18. The van der Waals surface area contributed by atoms with Crippen molar-refractivity contribution in [1.29, 1.82) is 0 Å². The van der Waals surface area contributed by atoms with E-state index in [1.807, 2.05) is 39.8 Å². The molecule has 0 unspecified atom stereocenters. The van der Waals surface area contributed by atoms with Crippen molar-refractivity contribution in [1.82, 2.24) is 20.1 Å². The molecule has 9 nitrogen and oxygen atoms in total. The van der Waals surface area contributed by atoms with Gasteiger partial charge in [0.2, 0.25) is 0 Å². The minimum atomic E-state index is -0.623. The monoisotopic (exact) mass is 543 g/mol. The summed E-state index contributed by atoms with van der Waals surface area (Å²) in [5.74, 6) is 1.52. The molecule has 0 atom stereocenters. The second kappa shape index (κ2) is 11.7. The molecule has 0 spiro atoms. The van der Waals surface area contributed by atoms with Crippen LogP contribution in [0.15, 0.2) is 60.8 Å². The Balaban J connectivity index is 1.30. The number of ether oxygens (including phenoxy) is 1. The number of anilines is 3. The highest BCUT2D eigenvalue weighted by Gasteiger charge is 2.18. The van der Waals surface area contributed by atoms with E-state index in [9.17, 15) is 9.18 Å². The van der Waals surface area contributed by atoms with E-state index < -0.39 is 11.8 Å². The van der Waals surface area contributed by atoms with Crippen LogP contribution >= 0.6 is 0 Å². The molecule has 4 aromatic rings. The topological polar surface area (TPSA) is 105 Å². The zero-order valence-electron chi connectivity index (χ0n) is 23.1. The summed E-state index contributed by atoms with van der Waals surface area (Å²) in [5, 5.41) is 16.8. The van der Waals surface area contributed by atoms with Crippen molar-refractivity contribution in [3.05, 3.63) is 83.4 Å². The average molecular weight is 544 g/mol. The van der Waals surface area contributed by atoms with E-state index in [0.717, 1.165) is 30.9 Å². The first kappa shape index (κ1) is 27.1. The Kier molecular flexibility index (Phi) is 7.97. The van der Waals surface area contributed by atoms with E-state index in [1.165, 1.54) is 23.3 Å². The summed E-state index contributed by atoms with van der Waals surface area (Å²) in [6, 6.07) is 15.4. The first-order valence-electron chi connectivity index (χ1n) is 13.5. The third-order valence-corrected chi connectivity index (χ3v) is 6.47. The molecular formula is C30H34FN7O2. The van der Waals surface area contributed by atoms with Gasteiger partial charge in [0.1, 0.15) is 29.0 Å². The molecule has 0 bridgehead atoms. The molecule has 3 heterocycles. The Morgan fingerprint density at radius 1 is 1.00 bits per heavy atom. The number of hydrogen-bond donors (Lipinski definition) is 4. The van der Waals surface area contributed by atoms with Crippen molar-refractivity contribution >= 4 is 23.4 Å². The van der Waals surface area contributed by atoms with Crippen LogP contribution in [0.2, 0.25) is 0 Å². The second-order valence-corrected chi connectivity index (χ2v) is 10.4. The Morgan fingerprint density at radius 2 is 1.82 bits per heavy atom. The van der Waals surface area contributed by atoms with Gasteiger partial charge in [-0.15, -0.1) is 0 Å². The highest BCUT2D eigenvalue weighted by molar-refractivity contribution is 5.99.